The molecule has 0 bridgehead atoms. The van der Waals surface area contributed by atoms with Crippen LogP contribution >= 0.6 is 0 Å². The average molecular weight is 272 g/mol. The van der Waals surface area contributed by atoms with Gasteiger partial charge in [0.2, 0.25) is 0 Å². The summed E-state index contributed by atoms with van der Waals surface area (Å²) in [6.07, 6.45) is 0. The van der Waals surface area contributed by atoms with E-state index in [4.69, 9.17) is 0 Å². The van der Waals surface area contributed by atoms with E-state index in [9.17, 15) is 0 Å². The zero-order chi connectivity index (χ0) is 11.4. The van der Waals surface area contributed by atoms with Crippen LogP contribution < -0.4 is 0 Å². The predicted octanol–water partition coefficient (Wildman–Crippen LogP) is 3.37. The van der Waals surface area contributed by atoms with Gasteiger partial charge in [-0.25, -0.2) is 0 Å². The summed E-state index contributed by atoms with van der Waals surface area (Å²) in [6.45, 7) is 2.06. The molecular weight excluding hydrogens is 261 g/mol. The van der Waals surface area contributed by atoms with Crippen LogP contribution in [-0.2, 0) is 0 Å². The first-order valence-electron chi connectivity index (χ1n) is 5.05. The van der Waals surface area contributed by atoms with Gasteiger partial charge in [0.15, 0.2) is 0 Å². The van der Waals surface area contributed by atoms with Crippen LogP contribution in [-0.4, -0.2) is 20.3 Å². The summed E-state index contributed by atoms with van der Waals surface area (Å²) in [6, 6.07) is 16.5. The minimum absolute atomic E-state index is 0.949. The number of hydrogen-bond acceptors (Lipinski definition) is 1. The molecule has 0 aromatic heterocycles. The quantitative estimate of drug-likeness (QED) is 0.587. The summed E-state index contributed by atoms with van der Waals surface area (Å²) in [5.74, 6) is 0. The first kappa shape index (κ1) is 11.0. The monoisotopic (exact) mass is 273 g/mol. The molecule has 2 rings (SSSR count). The third-order valence-corrected chi connectivity index (χ3v) is 2.60. The van der Waals surface area contributed by atoms with Crippen molar-refractivity contribution in [3.05, 3.63) is 54.1 Å². The van der Waals surface area contributed by atoms with Gasteiger partial charge in [-0.2, -0.15) is 0 Å². The number of nitrogens with zero attached hydrogens (tertiary/aromatic N) is 1. The Morgan fingerprint density at radius 1 is 1.06 bits per heavy atom. The summed E-state index contributed by atoms with van der Waals surface area (Å²) in [4.78, 5) is 4.24. The van der Waals surface area contributed by atoms with E-state index in [1.807, 2.05) is 18.2 Å². The van der Waals surface area contributed by atoms with Crippen LogP contribution in [0.3, 0.4) is 0 Å². The molecule has 0 N–H and O–H groups in total. The van der Waals surface area contributed by atoms with Crippen molar-refractivity contribution in [2.45, 2.75) is 6.92 Å². The Hall–Kier alpha value is -1.46. The molecule has 0 aliphatic carbocycles. The Bertz CT molecular complexity index is 540. The first-order chi connectivity index (χ1) is 7.81. The van der Waals surface area contributed by atoms with Crippen molar-refractivity contribution in [3.8, 4) is 11.1 Å². The second-order valence-corrected chi connectivity index (χ2v) is 3.97. The summed E-state index contributed by atoms with van der Waals surface area (Å²) in [5, 5.41) is 0. The molecule has 0 aliphatic heterocycles. The van der Waals surface area contributed by atoms with Crippen LogP contribution in [0.1, 0.15) is 5.56 Å². The Labute approximate surface area is 103 Å². The zero-order valence-electron chi connectivity index (χ0n) is 8.97. The van der Waals surface area contributed by atoms with Crippen molar-refractivity contribution in [1.82, 2.24) is 0 Å². The maximum absolute atomic E-state index is 4.24. The maximum atomic E-state index is 4.24. The molecular formula is C14H11NSe. The molecule has 0 atom stereocenters. The molecule has 16 heavy (non-hydrogen) atoms. The molecule has 2 heteroatoms. The molecule has 0 saturated carbocycles. The summed E-state index contributed by atoms with van der Waals surface area (Å²) in [5.41, 5.74) is 4.46. The first-order valence-corrected chi connectivity index (χ1v) is 5.91. The molecule has 0 unspecified atom stereocenters. The van der Waals surface area contributed by atoms with Crippen LogP contribution in [0.25, 0.3) is 11.1 Å². The predicted molar refractivity (Wildman–Crippen MR) is 69.5 cm³/mol. The molecule has 0 heterocycles. The normalized spacial score (nSPS) is 9.56. The van der Waals surface area contributed by atoms with Crippen LogP contribution in [0, 0.1) is 6.92 Å². The van der Waals surface area contributed by atoms with Crippen LogP contribution in [0.15, 0.2) is 53.5 Å². The van der Waals surface area contributed by atoms with Gasteiger partial charge in [-0.3, -0.25) is 0 Å². The Kier molecular flexibility index (Phi) is 3.48. The molecule has 0 spiro atoms. The SMILES string of the molecule is Cc1ccc(-c2ccccc2)c(N=C=[Se])c1. The average Bonchev–Trinajstić information content (AvgIpc) is 2.31. The van der Waals surface area contributed by atoms with Gasteiger partial charge in [0, 0.05) is 0 Å². The van der Waals surface area contributed by atoms with E-state index in [0.717, 1.165) is 11.3 Å². The molecule has 0 amide bonds. The summed E-state index contributed by atoms with van der Waals surface area (Å²) in [7, 11) is 0. The summed E-state index contributed by atoms with van der Waals surface area (Å²) < 4.78 is 2.72. The fraction of sp³-hybridized carbons (Fsp3) is 0.0714. The van der Waals surface area contributed by atoms with E-state index in [0.29, 0.717) is 0 Å². The van der Waals surface area contributed by atoms with Crippen LogP contribution in [0.4, 0.5) is 5.69 Å². The Balaban J connectivity index is 2.61. The van der Waals surface area contributed by atoms with Gasteiger partial charge in [0.05, 0.1) is 0 Å². The molecule has 1 nitrogen and oxygen atoms in total. The van der Waals surface area contributed by atoms with Crippen molar-refractivity contribution in [1.29, 1.82) is 0 Å². The topological polar surface area (TPSA) is 12.4 Å². The molecule has 2 aromatic carbocycles. The fourth-order valence-corrected chi connectivity index (χ4v) is 1.85. The van der Waals surface area contributed by atoms with Crippen LogP contribution in [0.2, 0.25) is 0 Å². The van der Waals surface area contributed by atoms with Crippen molar-refractivity contribution in [2.24, 2.45) is 4.99 Å². The molecule has 0 aliphatic rings. The standard InChI is InChI=1S/C14H11NSe/c1-11-7-8-13(14(9-11)15-10-16)12-5-3-2-4-6-12/h2-9H,1H3. The van der Waals surface area contributed by atoms with Gasteiger partial charge < -0.3 is 0 Å². The van der Waals surface area contributed by atoms with Gasteiger partial charge in [0.1, 0.15) is 0 Å². The third kappa shape index (κ3) is 2.37. The number of rotatable bonds is 2. The van der Waals surface area contributed by atoms with Gasteiger partial charge in [-0.15, -0.1) is 0 Å². The van der Waals surface area contributed by atoms with Crippen LogP contribution in [0.5, 0.6) is 0 Å². The van der Waals surface area contributed by atoms with E-state index in [-0.39, 0.29) is 0 Å². The molecule has 0 radical (unpaired) electrons. The van der Waals surface area contributed by atoms with Crippen molar-refractivity contribution < 1.29 is 0 Å². The van der Waals surface area contributed by atoms with Crippen molar-refractivity contribution in [2.75, 3.05) is 0 Å². The molecule has 2 aromatic rings. The van der Waals surface area contributed by atoms with E-state index in [2.05, 4.69) is 62.5 Å². The molecule has 0 saturated heterocycles. The number of aryl methyl sites for hydroxylation is 1. The zero-order valence-corrected chi connectivity index (χ0v) is 10.7. The van der Waals surface area contributed by atoms with E-state index >= 15 is 0 Å². The number of aliphatic imine (C=N–C) groups is 1. The fourth-order valence-electron chi connectivity index (χ4n) is 1.65. The van der Waals surface area contributed by atoms with Crippen molar-refractivity contribution in [3.63, 3.8) is 0 Å². The number of hydrogen-bond donors (Lipinski definition) is 0. The molecule has 0 fully saturated rings. The van der Waals surface area contributed by atoms with Gasteiger partial charge in [-0.1, -0.05) is 0 Å². The third-order valence-electron chi connectivity index (χ3n) is 2.40. The van der Waals surface area contributed by atoms with Gasteiger partial charge in [0.25, 0.3) is 0 Å². The summed E-state index contributed by atoms with van der Waals surface area (Å²) >= 11 is 2.67. The second-order valence-electron chi connectivity index (χ2n) is 3.59. The van der Waals surface area contributed by atoms with E-state index in [1.165, 1.54) is 11.1 Å². The molecule has 78 valence electrons. The van der Waals surface area contributed by atoms with Gasteiger partial charge >= 0.3 is 103 Å². The minimum atomic E-state index is 0.949. The van der Waals surface area contributed by atoms with E-state index < -0.39 is 0 Å². The van der Waals surface area contributed by atoms with Gasteiger partial charge in [-0.05, 0) is 0 Å². The Morgan fingerprint density at radius 2 is 1.81 bits per heavy atom. The number of benzene rings is 2. The Morgan fingerprint density at radius 3 is 2.50 bits per heavy atom. The van der Waals surface area contributed by atoms with Crippen molar-refractivity contribution >= 4 is 26.0 Å². The second kappa shape index (κ2) is 5.05. The van der Waals surface area contributed by atoms with E-state index in [1.54, 1.807) is 0 Å².